The van der Waals surface area contributed by atoms with E-state index < -0.39 is 0 Å². The largest absolute Gasteiger partial charge is 0.493 e. The minimum Gasteiger partial charge on any atom is -0.493 e. The van der Waals surface area contributed by atoms with Gasteiger partial charge in [0.15, 0.2) is 0 Å². The number of hydrogen-bond acceptors (Lipinski definition) is 2. The number of carbonyl (C=O) groups excluding carboxylic acids is 1. The van der Waals surface area contributed by atoms with Crippen molar-refractivity contribution in [2.45, 2.75) is 26.4 Å². The third-order valence-corrected chi connectivity index (χ3v) is 5.32. The monoisotopic (exact) mass is 416 g/mol. The zero-order valence-corrected chi connectivity index (χ0v) is 17.6. The Kier molecular flexibility index (Phi) is 6.03. The fraction of sp³-hybridized carbons (Fsp3) is 0.192. The van der Waals surface area contributed by atoms with Gasteiger partial charge in [-0.15, -0.1) is 0 Å². The molecule has 3 aromatic carbocycles. The van der Waals surface area contributed by atoms with Gasteiger partial charge in [0.25, 0.3) is 5.91 Å². The van der Waals surface area contributed by atoms with E-state index in [-0.39, 0.29) is 17.8 Å². The number of benzene rings is 3. The Hall–Kier alpha value is -3.60. The number of nitrogens with zero attached hydrogens (tertiary/aromatic N) is 1. The number of aromatic nitrogens is 1. The molecule has 158 valence electrons. The van der Waals surface area contributed by atoms with Crippen molar-refractivity contribution >= 4 is 16.8 Å². The highest BCUT2D eigenvalue weighted by atomic mass is 19.1. The topological polar surface area (TPSA) is 43.3 Å². The van der Waals surface area contributed by atoms with E-state index in [4.69, 9.17) is 4.74 Å². The van der Waals surface area contributed by atoms with Gasteiger partial charge in [-0.1, -0.05) is 48.5 Å². The zero-order chi connectivity index (χ0) is 21.8. The Labute approximate surface area is 181 Å². The molecule has 0 saturated heterocycles. The molecule has 1 aromatic heterocycles. The van der Waals surface area contributed by atoms with Gasteiger partial charge in [-0.3, -0.25) is 4.79 Å². The van der Waals surface area contributed by atoms with Crippen LogP contribution < -0.4 is 10.1 Å². The van der Waals surface area contributed by atoms with Gasteiger partial charge in [-0.25, -0.2) is 4.39 Å². The number of ether oxygens (including phenoxy) is 1. The van der Waals surface area contributed by atoms with Gasteiger partial charge in [-0.05, 0) is 55.3 Å². The van der Waals surface area contributed by atoms with E-state index in [1.54, 1.807) is 6.07 Å². The molecule has 0 bridgehead atoms. The quantitative estimate of drug-likeness (QED) is 0.419. The van der Waals surface area contributed by atoms with Gasteiger partial charge < -0.3 is 14.6 Å². The Morgan fingerprint density at radius 3 is 2.55 bits per heavy atom. The van der Waals surface area contributed by atoms with Crippen LogP contribution in [0.5, 0.6) is 5.75 Å². The van der Waals surface area contributed by atoms with Gasteiger partial charge in [0.2, 0.25) is 0 Å². The van der Waals surface area contributed by atoms with E-state index in [0.717, 1.165) is 27.8 Å². The first-order chi connectivity index (χ1) is 15.1. The Morgan fingerprint density at radius 1 is 1.03 bits per heavy atom. The molecule has 1 N–H and O–H groups in total. The molecule has 1 atom stereocenters. The molecule has 0 aliphatic carbocycles. The minimum absolute atomic E-state index is 0.152. The highest BCUT2D eigenvalue weighted by Crippen LogP contribution is 2.30. The maximum atomic E-state index is 13.8. The summed E-state index contributed by atoms with van der Waals surface area (Å²) in [5.74, 6) is 0.238. The van der Waals surface area contributed by atoms with Gasteiger partial charge in [0.05, 0.1) is 18.2 Å². The number of rotatable bonds is 7. The maximum Gasteiger partial charge on any atom is 0.268 e. The van der Waals surface area contributed by atoms with E-state index in [9.17, 15) is 9.18 Å². The molecule has 1 heterocycles. The molecule has 1 unspecified atom stereocenters. The smallest absolute Gasteiger partial charge is 0.268 e. The minimum atomic E-state index is -0.298. The molecule has 1 amide bonds. The van der Waals surface area contributed by atoms with Crippen LogP contribution in [0.15, 0.2) is 78.9 Å². The van der Waals surface area contributed by atoms with Gasteiger partial charge in [0.1, 0.15) is 17.3 Å². The van der Waals surface area contributed by atoms with Crippen molar-refractivity contribution in [2.24, 2.45) is 0 Å². The fourth-order valence-corrected chi connectivity index (χ4v) is 3.81. The summed E-state index contributed by atoms with van der Waals surface area (Å²) in [7, 11) is 0. The third kappa shape index (κ3) is 4.45. The molecule has 0 radical (unpaired) electrons. The lowest BCUT2D eigenvalue weighted by Gasteiger charge is -2.16. The number of amides is 1. The van der Waals surface area contributed by atoms with Crippen molar-refractivity contribution in [3.8, 4) is 5.75 Å². The highest BCUT2D eigenvalue weighted by Gasteiger charge is 2.20. The standard InChI is InChI=1S/C26H25FN2O2/c1-3-31-25-14-8-13-23-22(25)16-24(29(23)17-19-9-7-12-21(27)15-19)26(30)28-18(2)20-10-5-4-6-11-20/h4-16,18H,3,17H2,1-2H3,(H,28,30). The number of nitrogens with one attached hydrogen (secondary N) is 1. The second-order valence-corrected chi connectivity index (χ2v) is 7.47. The molecule has 4 rings (SSSR count). The van der Waals surface area contributed by atoms with Crippen LogP contribution in [0.25, 0.3) is 10.9 Å². The summed E-state index contributed by atoms with van der Waals surface area (Å²) in [5, 5.41) is 3.95. The first kappa shape index (κ1) is 20.7. The Morgan fingerprint density at radius 2 is 1.81 bits per heavy atom. The van der Waals surface area contributed by atoms with Crippen LogP contribution in [0.3, 0.4) is 0 Å². The average Bonchev–Trinajstić information content (AvgIpc) is 3.14. The number of halogens is 1. The molecule has 0 fully saturated rings. The molecule has 5 heteroatoms. The van der Waals surface area contributed by atoms with Crippen molar-refractivity contribution in [1.29, 1.82) is 0 Å². The summed E-state index contributed by atoms with van der Waals surface area (Å²) in [4.78, 5) is 13.3. The highest BCUT2D eigenvalue weighted by molar-refractivity contribution is 6.00. The second kappa shape index (κ2) is 9.04. The number of carbonyl (C=O) groups is 1. The predicted molar refractivity (Wildman–Crippen MR) is 121 cm³/mol. The van der Waals surface area contributed by atoms with Crippen molar-refractivity contribution in [2.75, 3.05) is 6.61 Å². The normalized spacial score (nSPS) is 12.0. The average molecular weight is 416 g/mol. The van der Waals surface area contributed by atoms with Crippen LogP contribution in [-0.4, -0.2) is 17.1 Å². The van der Waals surface area contributed by atoms with E-state index in [2.05, 4.69) is 5.32 Å². The molecule has 0 spiro atoms. The molecule has 4 nitrogen and oxygen atoms in total. The van der Waals surface area contributed by atoms with E-state index in [1.165, 1.54) is 12.1 Å². The number of fused-ring (bicyclic) bond motifs is 1. The molecule has 0 aliphatic rings. The predicted octanol–water partition coefficient (Wildman–Crippen LogP) is 5.72. The molecule has 0 aliphatic heterocycles. The van der Waals surface area contributed by atoms with Crippen LogP contribution in [-0.2, 0) is 6.54 Å². The molecule has 31 heavy (non-hydrogen) atoms. The zero-order valence-electron chi connectivity index (χ0n) is 17.6. The second-order valence-electron chi connectivity index (χ2n) is 7.47. The third-order valence-electron chi connectivity index (χ3n) is 5.32. The maximum absolute atomic E-state index is 13.8. The van der Waals surface area contributed by atoms with Crippen LogP contribution in [0.2, 0.25) is 0 Å². The Balaban J connectivity index is 1.75. The summed E-state index contributed by atoms with van der Waals surface area (Å²) < 4.78 is 21.5. The van der Waals surface area contributed by atoms with Crippen LogP contribution >= 0.6 is 0 Å². The van der Waals surface area contributed by atoms with Gasteiger partial charge >= 0.3 is 0 Å². The van der Waals surface area contributed by atoms with Gasteiger partial charge in [0, 0.05) is 11.9 Å². The molecular weight excluding hydrogens is 391 g/mol. The summed E-state index contributed by atoms with van der Waals surface area (Å²) in [6, 6.07) is 23.7. The van der Waals surface area contributed by atoms with Crippen molar-refractivity contribution in [3.05, 3.63) is 102 Å². The lowest BCUT2D eigenvalue weighted by atomic mass is 10.1. The molecular formula is C26H25FN2O2. The van der Waals surface area contributed by atoms with E-state index in [1.807, 2.05) is 79.1 Å². The summed E-state index contributed by atoms with van der Waals surface area (Å²) >= 11 is 0. The lowest BCUT2D eigenvalue weighted by molar-refractivity contribution is 0.0931. The van der Waals surface area contributed by atoms with E-state index >= 15 is 0 Å². The fourth-order valence-electron chi connectivity index (χ4n) is 3.81. The van der Waals surface area contributed by atoms with Crippen LogP contribution in [0, 0.1) is 5.82 Å². The van der Waals surface area contributed by atoms with Crippen molar-refractivity contribution < 1.29 is 13.9 Å². The van der Waals surface area contributed by atoms with Crippen molar-refractivity contribution in [1.82, 2.24) is 9.88 Å². The summed E-state index contributed by atoms with van der Waals surface area (Å²) in [5.41, 5.74) is 3.19. The first-order valence-electron chi connectivity index (χ1n) is 10.4. The van der Waals surface area contributed by atoms with Crippen LogP contribution in [0.4, 0.5) is 4.39 Å². The van der Waals surface area contributed by atoms with Gasteiger partial charge in [-0.2, -0.15) is 0 Å². The van der Waals surface area contributed by atoms with Crippen molar-refractivity contribution in [3.63, 3.8) is 0 Å². The molecule has 0 saturated carbocycles. The first-order valence-corrected chi connectivity index (χ1v) is 10.4. The summed E-state index contributed by atoms with van der Waals surface area (Å²) in [6.45, 7) is 4.79. The van der Waals surface area contributed by atoms with Crippen LogP contribution in [0.1, 0.15) is 41.5 Å². The number of hydrogen-bond donors (Lipinski definition) is 1. The van der Waals surface area contributed by atoms with E-state index in [0.29, 0.717) is 18.8 Å². The Bertz CT molecular complexity index is 1200. The lowest BCUT2D eigenvalue weighted by Crippen LogP contribution is -2.28. The SMILES string of the molecule is CCOc1cccc2c1cc(C(=O)NC(C)c1ccccc1)n2Cc1cccc(F)c1. The summed E-state index contributed by atoms with van der Waals surface area (Å²) in [6.07, 6.45) is 0. The molecule has 4 aromatic rings.